The standard InChI is InChI=1S/C15H10ClFN4O/c16-10-2-1-3-11(17)14(10)15-19-7-12(21-15)9-4-5-13(18-6-9)20-8-22/h1-8H,(H,19,21)(H,18,20,22). The van der Waals surface area contributed by atoms with Crippen LogP contribution in [0.5, 0.6) is 0 Å². The smallest absolute Gasteiger partial charge is 0.212 e. The van der Waals surface area contributed by atoms with Crippen LogP contribution in [-0.2, 0) is 4.79 Å². The van der Waals surface area contributed by atoms with E-state index in [-0.39, 0.29) is 10.6 Å². The topological polar surface area (TPSA) is 70.7 Å². The first-order valence-corrected chi connectivity index (χ1v) is 6.73. The highest BCUT2D eigenvalue weighted by Crippen LogP contribution is 2.30. The molecular formula is C15H10ClFN4O. The summed E-state index contributed by atoms with van der Waals surface area (Å²) in [5.74, 6) is 0.334. The minimum absolute atomic E-state index is 0.225. The second kappa shape index (κ2) is 5.95. The monoisotopic (exact) mass is 316 g/mol. The molecule has 110 valence electrons. The number of carbonyl (C=O) groups excluding carboxylic acids is 1. The number of aromatic nitrogens is 3. The fraction of sp³-hybridized carbons (Fsp3) is 0. The maximum absolute atomic E-state index is 13.9. The SMILES string of the molecule is O=CNc1ccc(-c2cnc(-c3c(F)cccc3Cl)[nH]2)cn1. The first kappa shape index (κ1) is 14.2. The number of amides is 1. The molecule has 0 atom stereocenters. The molecule has 0 bridgehead atoms. The summed E-state index contributed by atoms with van der Waals surface area (Å²) in [7, 11) is 0. The van der Waals surface area contributed by atoms with Gasteiger partial charge in [-0.2, -0.15) is 0 Å². The molecule has 0 fully saturated rings. The molecule has 0 radical (unpaired) electrons. The Labute approximate surface area is 130 Å². The number of aromatic amines is 1. The Hall–Kier alpha value is -2.73. The van der Waals surface area contributed by atoms with Crippen LogP contribution in [0, 0.1) is 5.82 Å². The van der Waals surface area contributed by atoms with Crippen molar-refractivity contribution in [2.24, 2.45) is 0 Å². The van der Waals surface area contributed by atoms with Gasteiger partial charge in [-0.05, 0) is 24.3 Å². The Morgan fingerprint density at radius 3 is 2.73 bits per heavy atom. The number of anilines is 1. The van der Waals surface area contributed by atoms with E-state index < -0.39 is 5.82 Å². The van der Waals surface area contributed by atoms with Gasteiger partial charge in [-0.15, -0.1) is 0 Å². The van der Waals surface area contributed by atoms with Crippen LogP contribution in [0.3, 0.4) is 0 Å². The number of H-pyrrole nitrogens is 1. The molecule has 0 aliphatic heterocycles. The van der Waals surface area contributed by atoms with Gasteiger partial charge in [-0.3, -0.25) is 4.79 Å². The lowest BCUT2D eigenvalue weighted by atomic mass is 10.2. The molecule has 2 heterocycles. The van der Waals surface area contributed by atoms with Gasteiger partial charge in [0.25, 0.3) is 0 Å². The van der Waals surface area contributed by atoms with Gasteiger partial charge in [0.05, 0.1) is 22.5 Å². The summed E-state index contributed by atoms with van der Waals surface area (Å²) >= 11 is 6.02. The average Bonchev–Trinajstić information content (AvgIpc) is 2.98. The highest BCUT2D eigenvalue weighted by Gasteiger charge is 2.13. The molecule has 0 saturated heterocycles. The van der Waals surface area contributed by atoms with Crippen molar-refractivity contribution in [1.82, 2.24) is 15.0 Å². The number of halogens is 2. The van der Waals surface area contributed by atoms with Gasteiger partial charge in [-0.1, -0.05) is 17.7 Å². The van der Waals surface area contributed by atoms with Crippen LogP contribution < -0.4 is 5.32 Å². The molecule has 0 unspecified atom stereocenters. The van der Waals surface area contributed by atoms with Crippen LogP contribution in [0.1, 0.15) is 0 Å². The number of carbonyl (C=O) groups is 1. The Kier molecular flexibility index (Phi) is 3.84. The number of rotatable bonds is 4. The van der Waals surface area contributed by atoms with Gasteiger partial charge < -0.3 is 10.3 Å². The Bertz CT molecular complexity index is 796. The molecule has 0 aliphatic rings. The van der Waals surface area contributed by atoms with E-state index in [0.717, 1.165) is 5.56 Å². The molecule has 0 aliphatic carbocycles. The van der Waals surface area contributed by atoms with Crippen LogP contribution >= 0.6 is 11.6 Å². The lowest BCUT2D eigenvalue weighted by molar-refractivity contribution is -0.105. The van der Waals surface area contributed by atoms with Crippen LogP contribution in [0.4, 0.5) is 10.2 Å². The van der Waals surface area contributed by atoms with Crippen molar-refractivity contribution >= 4 is 23.8 Å². The molecule has 22 heavy (non-hydrogen) atoms. The molecule has 7 heteroatoms. The van der Waals surface area contributed by atoms with Gasteiger partial charge in [-0.25, -0.2) is 14.4 Å². The second-order valence-electron chi connectivity index (χ2n) is 4.44. The summed E-state index contributed by atoms with van der Waals surface area (Å²) in [5.41, 5.74) is 1.64. The summed E-state index contributed by atoms with van der Waals surface area (Å²) in [4.78, 5) is 21.6. The minimum Gasteiger partial charge on any atom is -0.338 e. The van der Waals surface area contributed by atoms with Crippen molar-refractivity contribution < 1.29 is 9.18 Å². The highest BCUT2D eigenvalue weighted by atomic mass is 35.5. The van der Waals surface area contributed by atoms with Crippen LogP contribution in [0.25, 0.3) is 22.6 Å². The van der Waals surface area contributed by atoms with E-state index in [1.165, 1.54) is 12.1 Å². The lowest BCUT2D eigenvalue weighted by Crippen LogP contribution is -1.96. The summed E-state index contributed by atoms with van der Waals surface area (Å²) < 4.78 is 13.9. The first-order chi connectivity index (χ1) is 10.7. The second-order valence-corrected chi connectivity index (χ2v) is 4.84. The molecule has 2 aromatic heterocycles. The predicted molar refractivity (Wildman–Crippen MR) is 81.9 cm³/mol. The van der Waals surface area contributed by atoms with E-state index in [1.807, 2.05) is 0 Å². The average molecular weight is 317 g/mol. The summed E-state index contributed by atoms with van der Waals surface area (Å²) in [5, 5.41) is 2.73. The number of hydrogen-bond acceptors (Lipinski definition) is 3. The molecule has 1 amide bonds. The molecule has 3 rings (SSSR count). The molecule has 3 aromatic rings. The molecule has 0 spiro atoms. The molecule has 2 N–H and O–H groups in total. The first-order valence-electron chi connectivity index (χ1n) is 6.35. The number of hydrogen-bond donors (Lipinski definition) is 2. The number of imidazole rings is 1. The van der Waals surface area contributed by atoms with E-state index >= 15 is 0 Å². The molecule has 5 nitrogen and oxygen atoms in total. The number of pyridine rings is 1. The van der Waals surface area contributed by atoms with Gasteiger partial charge in [0, 0.05) is 11.8 Å². The van der Waals surface area contributed by atoms with Gasteiger partial charge in [0.2, 0.25) is 6.41 Å². The van der Waals surface area contributed by atoms with E-state index in [1.54, 1.807) is 30.6 Å². The molecular weight excluding hydrogens is 307 g/mol. The fourth-order valence-corrected chi connectivity index (χ4v) is 2.27. The zero-order valence-electron chi connectivity index (χ0n) is 11.2. The van der Waals surface area contributed by atoms with Gasteiger partial charge >= 0.3 is 0 Å². The van der Waals surface area contributed by atoms with E-state index in [0.29, 0.717) is 23.7 Å². The van der Waals surface area contributed by atoms with Gasteiger partial charge in [0.1, 0.15) is 17.5 Å². The quantitative estimate of drug-likeness (QED) is 0.724. The summed E-state index contributed by atoms with van der Waals surface area (Å²) in [6.07, 6.45) is 3.70. The van der Waals surface area contributed by atoms with Crippen molar-refractivity contribution in [3.63, 3.8) is 0 Å². The zero-order valence-corrected chi connectivity index (χ0v) is 11.9. The molecule has 1 aromatic carbocycles. The maximum atomic E-state index is 13.9. The van der Waals surface area contributed by atoms with Crippen molar-refractivity contribution in [3.8, 4) is 22.6 Å². The number of nitrogens with zero attached hydrogens (tertiary/aromatic N) is 2. The third-order valence-corrected chi connectivity index (χ3v) is 3.37. The van der Waals surface area contributed by atoms with Crippen LogP contribution in [-0.4, -0.2) is 21.4 Å². The van der Waals surface area contributed by atoms with Crippen molar-refractivity contribution in [2.75, 3.05) is 5.32 Å². The van der Waals surface area contributed by atoms with Crippen LogP contribution in [0.15, 0.2) is 42.7 Å². The zero-order chi connectivity index (χ0) is 15.5. The Morgan fingerprint density at radius 1 is 1.18 bits per heavy atom. The van der Waals surface area contributed by atoms with Crippen molar-refractivity contribution in [3.05, 3.63) is 53.6 Å². The van der Waals surface area contributed by atoms with Crippen molar-refractivity contribution in [1.29, 1.82) is 0 Å². The minimum atomic E-state index is -0.447. The van der Waals surface area contributed by atoms with Crippen molar-refractivity contribution in [2.45, 2.75) is 0 Å². The lowest BCUT2D eigenvalue weighted by Gasteiger charge is -2.02. The van der Waals surface area contributed by atoms with E-state index in [2.05, 4.69) is 20.3 Å². The predicted octanol–water partition coefficient (Wildman–Crippen LogP) is 3.50. The van der Waals surface area contributed by atoms with Gasteiger partial charge in [0.15, 0.2) is 0 Å². The van der Waals surface area contributed by atoms with E-state index in [4.69, 9.17) is 11.6 Å². The molecule has 0 saturated carbocycles. The highest BCUT2D eigenvalue weighted by molar-refractivity contribution is 6.33. The Morgan fingerprint density at radius 2 is 2.05 bits per heavy atom. The normalized spacial score (nSPS) is 10.5. The fourth-order valence-electron chi connectivity index (χ4n) is 2.02. The maximum Gasteiger partial charge on any atom is 0.212 e. The third-order valence-electron chi connectivity index (χ3n) is 3.06. The number of nitrogens with one attached hydrogen (secondary N) is 2. The number of benzene rings is 1. The largest absolute Gasteiger partial charge is 0.338 e. The van der Waals surface area contributed by atoms with Crippen LogP contribution in [0.2, 0.25) is 5.02 Å². The summed E-state index contributed by atoms with van der Waals surface area (Å²) in [6.45, 7) is 0. The summed E-state index contributed by atoms with van der Waals surface area (Å²) in [6, 6.07) is 7.88. The Balaban J connectivity index is 1.95. The van der Waals surface area contributed by atoms with E-state index in [9.17, 15) is 9.18 Å². The third kappa shape index (κ3) is 2.68.